The first-order valence-electron chi connectivity index (χ1n) is 0.387. The van der Waals surface area contributed by atoms with Crippen LogP contribution in [0.25, 0.3) is 0 Å². The first-order valence-corrected chi connectivity index (χ1v) is 3.39. The molecule has 0 amide bonds. The first-order chi connectivity index (χ1) is 2.00. The van der Waals surface area contributed by atoms with Gasteiger partial charge in [0.2, 0.25) is 0 Å². The average molecular weight is 448 g/mol. The van der Waals surface area contributed by atoms with Gasteiger partial charge in [0.15, 0.2) is 0 Å². The Hall–Kier alpha value is 1.41. The van der Waals surface area contributed by atoms with Gasteiger partial charge >= 0.3 is 56.0 Å². The maximum absolute atomic E-state index is 8.39. The number of hydrogen-bond acceptors (Lipinski definition) is 2. The fourth-order valence-electron chi connectivity index (χ4n) is 0. The quantitative estimate of drug-likeness (QED) is 0.446. The zero-order valence-electron chi connectivity index (χ0n) is 1.76. The predicted octanol–water partition coefficient (Wildman–Crippen LogP) is -0.999. The minimum atomic E-state index is 0.0556. The molecule has 21 valence electrons. The second-order valence-corrected chi connectivity index (χ2v) is 0. The second-order valence-electron chi connectivity index (χ2n) is 0. The molecule has 0 spiro atoms. The molecule has 2 nitrogen and oxygen atoms in total. The van der Waals surface area contributed by atoms with E-state index in [0.29, 0.717) is 0 Å². The summed E-state index contributed by atoms with van der Waals surface area (Å²) in [4.78, 5) is 0. The molecule has 0 aromatic heterocycles. The van der Waals surface area contributed by atoms with Crippen LogP contribution in [0.3, 0.4) is 0 Å². The minimum absolute atomic E-state index is 0.0556. The molecule has 0 bridgehead atoms. The van der Waals surface area contributed by atoms with Crippen LogP contribution in [0.15, 0.2) is 0 Å². The van der Waals surface area contributed by atoms with Crippen molar-refractivity contribution >= 4 is 50.5 Å². The average Bonchev–Trinajstić information content (AvgIpc) is 1.50. The summed E-state index contributed by atoms with van der Waals surface area (Å²) in [5.74, 6) is 0. The van der Waals surface area contributed by atoms with E-state index in [9.17, 15) is 0 Å². The van der Waals surface area contributed by atoms with Crippen LogP contribution < -0.4 is 0 Å². The van der Waals surface area contributed by atoms with E-state index in [-0.39, 0.29) is 50.5 Å². The molecule has 0 unspecified atom stereocenters. The van der Waals surface area contributed by atoms with Crippen molar-refractivity contribution in [2.45, 2.75) is 0 Å². The van der Waals surface area contributed by atoms with E-state index in [0.717, 1.165) is 0 Å². The van der Waals surface area contributed by atoms with Crippen molar-refractivity contribution in [1.29, 1.82) is 0 Å². The van der Waals surface area contributed by atoms with Gasteiger partial charge in [0.25, 0.3) is 0 Å². The predicted molar refractivity (Wildman–Crippen MR) is 12.9 cm³/mol. The van der Waals surface area contributed by atoms with Gasteiger partial charge in [-0.25, -0.2) is 0 Å². The van der Waals surface area contributed by atoms with Gasteiger partial charge in [-0.3, -0.25) is 0 Å². The van der Waals surface area contributed by atoms with Gasteiger partial charge in [-0.05, 0) is 0 Å². The third kappa shape index (κ3) is 9.98. The fourth-order valence-corrected chi connectivity index (χ4v) is 0. The topological polar surface area (TPSA) is 34.1 Å². The van der Waals surface area contributed by atoms with Gasteiger partial charge in [-0.2, -0.15) is 0 Å². The Kier molecular flexibility index (Phi) is 58.5. The molecule has 3 radical (unpaired) electrons. The van der Waals surface area contributed by atoms with Crippen molar-refractivity contribution in [1.82, 2.24) is 0 Å². The Morgan fingerprint density at radius 1 is 1.25 bits per heavy atom. The molecule has 0 fully saturated rings. The summed E-state index contributed by atoms with van der Waals surface area (Å²) in [6.45, 7) is 0. The first kappa shape index (κ1) is 9.05. The Morgan fingerprint density at radius 2 is 1.25 bits per heavy atom. The van der Waals surface area contributed by atoms with Crippen LogP contribution >= 0.6 is 0 Å². The third-order valence-electron chi connectivity index (χ3n) is 0. The molecular formula is BiO2Pb. The maximum atomic E-state index is 8.39. The van der Waals surface area contributed by atoms with Crippen LogP contribution in [-0.4, -0.2) is 50.5 Å². The molecule has 0 N–H and O–H groups in total. The van der Waals surface area contributed by atoms with Gasteiger partial charge in [-0.1, -0.05) is 0 Å². The van der Waals surface area contributed by atoms with E-state index in [1.54, 1.807) is 0 Å². The van der Waals surface area contributed by atoms with Gasteiger partial charge in [0, 0.05) is 0 Å². The second kappa shape index (κ2) is 25.9. The van der Waals surface area contributed by atoms with E-state index in [2.05, 4.69) is 0 Å². The van der Waals surface area contributed by atoms with Crippen molar-refractivity contribution < 1.29 is 5.50 Å². The van der Waals surface area contributed by atoms with Crippen LogP contribution in [0.4, 0.5) is 0 Å². The molecule has 0 aromatic carbocycles. The SMILES string of the molecule is [O]=[Bi].[O]=[Pb]. The molecule has 0 saturated heterocycles. The zero-order valence-corrected chi connectivity index (χ0v) is 9.13. The molecule has 0 aliphatic carbocycles. The zero-order chi connectivity index (χ0) is 4.00. The molecule has 0 atom stereocenters. The van der Waals surface area contributed by atoms with Crippen molar-refractivity contribution in [2.75, 3.05) is 0 Å². The Morgan fingerprint density at radius 3 is 1.25 bits per heavy atom. The molecule has 0 aromatic rings. The summed E-state index contributed by atoms with van der Waals surface area (Å²) >= 11 is 0.250. The summed E-state index contributed by atoms with van der Waals surface area (Å²) in [6, 6.07) is 0. The summed E-state index contributed by atoms with van der Waals surface area (Å²) in [5, 5.41) is 0. The van der Waals surface area contributed by atoms with E-state index < -0.39 is 0 Å². The van der Waals surface area contributed by atoms with Crippen molar-refractivity contribution in [3.8, 4) is 0 Å². The molecule has 0 saturated carbocycles. The molecule has 0 aliphatic rings. The van der Waals surface area contributed by atoms with Gasteiger partial charge < -0.3 is 0 Å². The van der Waals surface area contributed by atoms with Gasteiger partial charge in [0.05, 0.1) is 0 Å². The van der Waals surface area contributed by atoms with Gasteiger partial charge in [-0.15, -0.1) is 0 Å². The van der Waals surface area contributed by atoms with Crippen LogP contribution in [-0.2, 0) is 5.50 Å². The normalized spacial score (nSPS) is 2.00. The standard InChI is InChI=1S/Bi.2O.Pb. The molecule has 0 aliphatic heterocycles. The van der Waals surface area contributed by atoms with Crippen LogP contribution in [0, 0.1) is 0 Å². The van der Waals surface area contributed by atoms with Crippen molar-refractivity contribution in [3.05, 3.63) is 0 Å². The van der Waals surface area contributed by atoms with E-state index >= 15 is 0 Å². The van der Waals surface area contributed by atoms with E-state index in [4.69, 9.17) is 5.50 Å². The summed E-state index contributed by atoms with van der Waals surface area (Å²) in [7, 11) is 0. The summed E-state index contributed by atoms with van der Waals surface area (Å²) < 4.78 is 16.8. The van der Waals surface area contributed by atoms with E-state index in [1.807, 2.05) is 0 Å². The van der Waals surface area contributed by atoms with Crippen LogP contribution in [0.2, 0.25) is 0 Å². The molecular weight excluding hydrogens is 448 g/mol. The van der Waals surface area contributed by atoms with Crippen LogP contribution in [0.5, 0.6) is 0 Å². The molecule has 4 heavy (non-hydrogen) atoms. The number of hydrogen-bond donors (Lipinski definition) is 0. The van der Waals surface area contributed by atoms with Crippen molar-refractivity contribution in [2.24, 2.45) is 0 Å². The number of rotatable bonds is 0. The van der Waals surface area contributed by atoms with Gasteiger partial charge in [0.1, 0.15) is 0 Å². The van der Waals surface area contributed by atoms with Crippen molar-refractivity contribution in [3.63, 3.8) is 0 Å². The summed E-state index contributed by atoms with van der Waals surface area (Å²) in [6.07, 6.45) is 0. The molecule has 0 heterocycles. The monoisotopic (exact) mass is 449 g/mol. The molecule has 0 rings (SSSR count). The Bertz CT molecular complexity index is 8.00. The molecule has 4 heteroatoms. The Labute approximate surface area is 55.4 Å². The summed E-state index contributed by atoms with van der Waals surface area (Å²) in [5.41, 5.74) is 0. The fraction of sp³-hybridized carbons (Fsp3) is 0. The van der Waals surface area contributed by atoms with Crippen LogP contribution in [0.1, 0.15) is 0 Å². The Balaban J connectivity index is 0. The third-order valence-corrected chi connectivity index (χ3v) is 0. The van der Waals surface area contributed by atoms with E-state index in [1.165, 1.54) is 0 Å².